The molecule has 0 saturated heterocycles. The monoisotopic (exact) mass is 611 g/mol. The average molecular weight is 612 g/mol. The van der Waals surface area contributed by atoms with E-state index in [1.54, 1.807) is 18.2 Å². The SMILES string of the molecule is COC(=O)c1ccc(/C=C/c2ccc3c(c2)OCCOc2cc(C)ccc2N(CC#N)CCOCCN3CC#N)c([N+](=O)[O-])c1. The van der Waals surface area contributed by atoms with E-state index in [4.69, 9.17) is 14.2 Å². The van der Waals surface area contributed by atoms with Crippen LogP contribution in [0.5, 0.6) is 11.5 Å². The Kier molecular flexibility index (Phi) is 11.3. The van der Waals surface area contributed by atoms with Gasteiger partial charge in [-0.1, -0.05) is 18.2 Å². The van der Waals surface area contributed by atoms with Gasteiger partial charge < -0.3 is 28.7 Å². The molecule has 0 radical (unpaired) electrons. The number of nitriles is 2. The number of ether oxygens (including phenoxy) is 4. The predicted octanol–water partition coefficient (Wildman–Crippen LogP) is 5.01. The minimum Gasteiger partial charge on any atom is -0.488 e. The Hall–Kier alpha value is -5.59. The van der Waals surface area contributed by atoms with Gasteiger partial charge in [0.15, 0.2) is 0 Å². The van der Waals surface area contributed by atoms with Crippen molar-refractivity contribution in [1.82, 2.24) is 0 Å². The molecule has 0 amide bonds. The summed E-state index contributed by atoms with van der Waals surface area (Å²) in [7, 11) is 1.21. The maximum Gasteiger partial charge on any atom is 0.338 e. The molecule has 45 heavy (non-hydrogen) atoms. The molecule has 0 fully saturated rings. The standard InChI is InChI=1S/C33H33N5O7/c1-24-3-9-28-31(21-24)44-19-20-45-32-22-25(4-6-26-7-8-27(33(39)42-2)23-30(26)38(40)41)5-10-29(32)37(14-12-35)16-18-43-17-15-36(28)13-11-34/h3-10,21-23H,13-20H2,1-2H3/b6-4+. The predicted molar refractivity (Wildman–Crippen MR) is 168 cm³/mol. The Labute approximate surface area is 261 Å². The first-order valence-corrected chi connectivity index (χ1v) is 14.2. The van der Waals surface area contributed by atoms with Crippen LogP contribution in [0.4, 0.5) is 17.1 Å². The number of anilines is 2. The van der Waals surface area contributed by atoms with Crippen LogP contribution in [-0.4, -0.2) is 70.6 Å². The van der Waals surface area contributed by atoms with E-state index < -0.39 is 10.9 Å². The van der Waals surface area contributed by atoms with Crippen molar-refractivity contribution in [3.8, 4) is 23.6 Å². The average Bonchev–Trinajstić information content (AvgIpc) is 3.04. The first kappa shape index (κ1) is 32.3. The first-order chi connectivity index (χ1) is 21.8. The summed E-state index contributed by atoms with van der Waals surface area (Å²) in [6, 6.07) is 19.8. The fraction of sp³-hybridized carbons (Fsp3) is 0.303. The zero-order valence-corrected chi connectivity index (χ0v) is 25.1. The van der Waals surface area contributed by atoms with Gasteiger partial charge in [0.25, 0.3) is 5.69 Å². The molecule has 232 valence electrons. The summed E-state index contributed by atoms with van der Waals surface area (Å²) < 4.78 is 22.9. The van der Waals surface area contributed by atoms with E-state index in [-0.39, 0.29) is 37.6 Å². The van der Waals surface area contributed by atoms with Crippen molar-refractivity contribution in [2.75, 3.05) is 69.5 Å². The maximum atomic E-state index is 11.9. The zero-order valence-electron chi connectivity index (χ0n) is 25.1. The van der Waals surface area contributed by atoms with Gasteiger partial charge in [-0.3, -0.25) is 10.1 Å². The highest BCUT2D eigenvalue weighted by atomic mass is 16.6. The van der Waals surface area contributed by atoms with Gasteiger partial charge in [-0.05, 0) is 60.5 Å². The Bertz CT molecular complexity index is 1640. The highest BCUT2D eigenvalue weighted by molar-refractivity contribution is 5.91. The Morgan fingerprint density at radius 3 is 2.13 bits per heavy atom. The fourth-order valence-electron chi connectivity index (χ4n) is 4.78. The lowest BCUT2D eigenvalue weighted by Crippen LogP contribution is -2.31. The maximum absolute atomic E-state index is 11.9. The summed E-state index contributed by atoms with van der Waals surface area (Å²) in [5, 5.41) is 30.7. The molecular formula is C33H33N5O7. The van der Waals surface area contributed by atoms with Crippen molar-refractivity contribution < 1.29 is 28.7 Å². The first-order valence-electron chi connectivity index (χ1n) is 14.2. The van der Waals surface area contributed by atoms with Crippen LogP contribution in [0.2, 0.25) is 0 Å². The third-order valence-electron chi connectivity index (χ3n) is 7.02. The van der Waals surface area contributed by atoms with Crippen molar-refractivity contribution >= 4 is 35.2 Å². The number of hydrogen-bond acceptors (Lipinski definition) is 11. The molecule has 0 atom stereocenters. The second kappa shape index (κ2) is 15.8. The van der Waals surface area contributed by atoms with Gasteiger partial charge in [0.05, 0.1) is 59.9 Å². The van der Waals surface area contributed by atoms with Crippen LogP contribution >= 0.6 is 0 Å². The minimum absolute atomic E-state index is 0.0797. The van der Waals surface area contributed by atoms with Crippen molar-refractivity contribution in [3.63, 3.8) is 0 Å². The lowest BCUT2D eigenvalue weighted by atomic mass is 10.1. The molecule has 3 aromatic carbocycles. The third-order valence-corrected chi connectivity index (χ3v) is 7.02. The largest absolute Gasteiger partial charge is 0.488 e. The Morgan fingerprint density at radius 2 is 1.53 bits per heavy atom. The van der Waals surface area contributed by atoms with Gasteiger partial charge in [0, 0.05) is 19.2 Å². The van der Waals surface area contributed by atoms with E-state index in [0.29, 0.717) is 54.6 Å². The quantitative estimate of drug-likeness (QED) is 0.122. The molecule has 1 aliphatic heterocycles. The smallest absolute Gasteiger partial charge is 0.338 e. The molecule has 12 heteroatoms. The summed E-state index contributed by atoms with van der Waals surface area (Å²) in [6.45, 7) is 4.23. The molecular weight excluding hydrogens is 578 g/mol. The van der Waals surface area contributed by atoms with E-state index in [0.717, 1.165) is 11.3 Å². The van der Waals surface area contributed by atoms with E-state index in [2.05, 4.69) is 16.9 Å². The summed E-state index contributed by atoms with van der Waals surface area (Å²) in [6.07, 6.45) is 3.29. The summed E-state index contributed by atoms with van der Waals surface area (Å²) in [4.78, 5) is 26.8. The summed E-state index contributed by atoms with van der Waals surface area (Å²) in [5.74, 6) is 0.463. The van der Waals surface area contributed by atoms with Crippen LogP contribution in [0.3, 0.4) is 0 Å². The molecule has 4 rings (SSSR count). The third kappa shape index (κ3) is 8.50. The topological polar surface area (TPSA) is 151 Å². The van der Waals surface area contributed by atoms with Crippen LogP contribution in [0.25, 0.3) is 12.2 Å². The van der Waals surface area contributed by atoms with Gasteiger partial charge in [-0.2, -0.15) is 10.5 Å². The number of carbonyl (C=O) groups is 1. The zero-order chi connectivity index (χ0) is 32.2. The molecule has 0 bridgehead atoms. The van der Waals surface area contributed by atoms with E-state index in [1.165, 1.54) is 25.3 Å². The molecule has 12 nitrogen and oxygen atoms in total. The second-order valence-electron chi connectivity index (χ2n) is 10.0. The van der Waals surface area contributed by atoms with Crippen LogP contribution < -0.4 is 19.3 Å². The number of aryl methyl sites for hydroxylation is 1. The molecule has 0 aliphatic carbocycles. The lowest BCUT2D eigenvalue weighted by molar-refractivity contribution is -0.385. The number of esters is 1. The fourth-order valence-corrected chi connectivity index (χ4v) is 4.78. The van der Waals surface area contributed by atoms with Crippen LogP contribution in [0.1, 0.15) is 27.0 Å². The van der Waals surface area contributed by atoms with Gasteiger partial charge in [0.2, 0.25) is 0 Å². The number of nitro benzene ring substituents is 1. The van der Waals surface area contributed by atoms with Crippen LogP contribution in [0.15, 0.2) is 54.6 Å². The summed E-state index contributed by atoms with van der Waals surface area (Å²) in [5.41, 5.74) is 3.32. The molecule has 0 unspecified atom stereocenters. The van der Waals surface area contributed by atoms with E-state index in [9.17, 15) is 25.4 Å². The number of nitrogens with zero attached hydrogens (tertiary/aromatic N) is 5. The number of hydrogen-bond donors (Lipinski definition) is 0. The highest BCUT2D eigenvalue weighted by Gasteiger charge is 2.18. The van der Waals surface area contributed by atoms with Crippen molar-refractivity contribution in [2.24, 2.45) is 0 Å². The number of benzene rings is 3. The normalized spacial score (nSPS) is 14.0. The van der Waals surface area contributed by atoms with Crippen molar-refractivity contribution in [1.29, 1.82) is 10.5 Å². The Morgan fingerprint density at radius 1 is 0.911 bits per heavy atom. The van der Waals surface area contributed by atoms with Crippen molar-refractivity contribution in [3.05, 3.63) is 87.0 Å². The number of carbonyl (C=O) groups excluding carboxylic acids is 1. The number of methoxy groups -OCH3 is 1. The lowest BCUT2D eigenvalue weighted by Gasteiger charge is -2.25. The highest BCUT2D eigenvalue weighted by Crippen LogP contribution is 2.33. The van der Waals surface area contributed by atoms with Crippen LogP contribution in [0, 0.1) is 39.7 Å². The minimum atomic E-state index is -0.665. The van der Waals surface area contributed by atoms with Crippen LogP contribution in [-0.2, 0) is 9.47 Å². The van der Waals surface area contributed by atoms with E-state index in [1.807, 2.05) is 47.1 Å². The number of rotatable bonds is 6. The molecule has 0 spiro atoms. The number of fused-ring (bicyclic) bond motifs is 2. The van der Waals surface area contributed by atoms with Gasteiger partial charge >= 0.3 is 5.97 Å². The van der Waals surface area contributed by atoms with Gasteiger partial charge in [-0.15, -0.1) is 0 Å². The molecule has 3 aromatic rings. The van der Waals surface area contributed by atoms with Gasteiger partial charge in [0.1, 0.15) is 37.8 Å². The molecule has 0 N–H and O–H groups in total. The molecule has 1 aliphatic rings. The summed E-state index contributed by atoms with van der Waals surface area (Å²) >= 11 is 0. The van der Waals surface area contributed by atoms with Crippen molar-refractivity contribution in [2.45, 2.75) is 6.92 Å². The van der Waals surface area contributed by atoms with Gasteiger partial charge in [-0.25, -0.2) is 4.79 Å². The molecule has 1 heterocycles. The Balaban J connectivity index is 1.63. The molecule has 0 aromatic heterocycles. The second-order valence-corrected chi connectivity index (χ2v) is 10.0. The molecule has 0 saturated carbocycles. The number of nitro groups is 1. The van der Waals surface area contributed by atoms with E-state index >= 15 is 0 Å².